The maximum absolute atomic E-state index is 4.02. The molecule has 1 aromatic rings. The summed E-state index contributed by atoms with van der Waals surface area (Å²) in [4.78, 5) is 4.02. The van der Waals surface area contributed by atoms with E-state index in [2.05, 4.69) is 34.2 Å². The van der Waals surface area contributed by atoms with Gasteiger partial charge in [0.2, 0.25) is 0 Å². The van der Waals surface area contributed by atoms with Crippen molar-refractivity contribution in [2.24, 2.45) is 0 Å². The average Bonchev–Trinajstić information content (AvgIpc) is 2.29. The lowest BCUT2D eigenvalue weighted by Crippen LogP contribution is -2.31. The smallest absolute Gasteiger partial charge is 0.0270 e. The van der Waals surface area contributed by atoms with Gasteiger partial charge in [-0.15, -0.1) is 0 Å². The molecule has 0 aromatic carbocycles. The van der Waals surface area contributed by atoms with Crippen molar-refractivity contribution in [3.05, 3.63) is 30.1 Å². The van der Waals surface area contributed by atoms with Gasteiger partial charge in [-0.25, -0.2) is 0 Å². The van der Waals surface area contributed by atoms with Crippen LogP contribution in [0, 0.1) is 0 Å². The summed E-state index contributed by atoms with van der Waals surface area (Å²) in [5.74, 6) is 1.12. The molecule has 0 amide bonds. The van der Waals surface area contributed by atoms with Gasteiger partial charge in [-0.05, 0) is 37.1 Å². The third-order valence-electron chi connectivity index (χ3n) is 2.49. The maximum atomic E-state index is 4.02. The summed E-state index contributed by atoms with van der Waals surface area (Å²) in [5.41, 5.74) is 1.38. The predicted octanol–water partition coefficient (Wildman–Crippen LogP) is 2.07. The van der Waals surface area contributed by atoms with Crippen LogP contribution in [-0.4, -0.2) is 23.3 Å². The Morgan fingerprint density at radius 1 is 1.43 bits per heavy atom. The van der Waals surface area contributed by atoms with Crippen LogP contribution in [0.5, 0.6) is 0 Å². The molecule has 0 radical (unpaired) electrons. The summed E-state index contributed by atoms with van der Waals surface area (Å²) in [6.07, 6.45) is 6.43. The molecule has 1 aliphatic heterocycles. The van der Waals surface area contributed by atoms with E-state index in [-0.39, 0.29) is 0 Å². The first-order chi connectivity index (χ1) is 6.95. The Morgan fingerprint density at radius 3 is 3.00 bits per heavy atom. The van der Waals surface area contributed by atoms with Crippen molar-refractivity contribution in [2.75, 3.05) is 13.1 Å². The molecule has 0 bridgehead atoms. The Morgan fingerprint density at radius 2 is 2.29 bits per heavy atom. The summed E-state index contributed by atoms with van der Waals surface area (Å²) in [7, 11) is 0. The van der Waals surface area contributed by atoms with Crippen molar-refractivity contribution in [1.29, 1.82) is 0 Å². The van der Waals surface area contributed by atoms with Gasteiger partial charge in [0.25, 0.3) is 0 Å². The second-order valence-electron chi connectivity index (χ2n) is 3.63. The lowest BCUT2D eigenvalue weighted by atomic mass is 10.2. The molecule has 3 heteroatoms. The van der Waals surface area contributed by atoms with Crippen LogP contribution in [-0.2, 0) is 5.75 Å². The van der Waals surface area contributed by atoms with Gasteiger partial charge in [-0.2, -0.15) is 11.8 Å². The maximum Gasteiger partial charge on any atom is 0.0270 e. The molecule has 1 N–H and O–H groups in total. The fourth-order valence-corrected chi connectivity index (χ4v) is 2.84. The number of piperidine rings is 1. The summed E-state index contributed by atoms with van der Waals surface area (Å²) in [6, 6.07) is 4.20. The van der Waals surface area contributed by atoms with Crippen LogP contribution in [0.15, 0.2) is 24.5 Å². The molecule has 1 aromatic heterocycles. The fraction of sp³-hybridized carbons (Fsp3) is 0.545. The van der Waals surface area contributed by atoms with E-state index in [4.69, 9.17) is 0 Å². The Labute approximate surface area is 89.5 Å². The van der Waals surface area contributed by atoms with Crippen molar-refractivity contribution >= 4 is 11.8 Å². The van der Waals surface area contributed by atoms with E-state index < -0.39 is 0 Å². The minimum absolute atomic E-state index is 0.803. The van der Waals surface area contributed by atoms with Gasteiger partial charge >= 0.3 is 0 Å². The highest BCUT2D eigenvalue weighted by molar-refractivity contribution is 7.99. The number of pyridine rings is 1. The normalized spacial score (nSPS) is 22.1. The monoisotopic (exact) mass is 208 g/mol. The van der Waals surface area contributed by atoms with Gasteiger partial charge in [0.15, 0.2) is 0 Å². The third kappa shape index (κ3) is 3.00. The highest BCUT2D eigenvalue weighted by Crippen LogP contribution is 2.22. The van der Waals surface area contributed by atoms with Crippen LogP contribution < -0.4 is 5.32 Å². The van der Waals surface area contributed by atoms with Crippen molar-refractivity contribution in [1.82, 2.24) is 10.3 Å². The number of thioether (sulfide) groups is 1. The molecule has 1 aliphatic rings. The lowest BCUT2D eigenvalue weighted by molar-refractivity contribution is 0.531. The average molecular weight is 208 g/mol. The number of hydrogen-bond donors (Lipinski definition) is 1. The molecule has 2 heterocycles. The van der Waals surface area contributed by atoms with Crippen molar-refractivity contribution in [3.8, 4) is 0 Å². The van der Waals surface area contributed by atoms with Gasteiger partial charge in [-0.3, -0.25) is 4.98 Å². The molecular weight excluding hydrogens is 192 g/mol. The Hall–Kier alpha value is -0.540. The number of hydrogen-bond acceptors (Lipinski definition) is 3. The zero-order valence-corrected chi connectivity index (χ0v) is 9.09. The molecule has 76 valence electrons. The van der Waals surface area contributed by atoms with Crippen LogP contribution in [0.4, 0.5) is 0 Å². The minimum atomic E-state index is 0.803. The van der Waals surface area contributed by atoms with E-state index in [9.17, 15) is 0 Å². The van der Waals surface area contributed by atoms with Crippen LogP contribution in [0.25, 0.3) is 0 Å². The standard InChI is InChI=1S/C11H16N2S/c1-2-11(8-13-5-1)14-9-10-3-6-12-7-4-10/h3-4,6-7,11,13H,1-2,5,8-9H2/t11-/m0/s1. The SMILES string of the molecule is c1cc(CS[C@H]2CCCNC2)ccn1. The molecule has 14 heavy (non-hydrogen) atoms. The molecule has 1 fully saturated rings. The fourth-order valence-electron chi connectivity index (χ4n) is 1.66. The van der Waals surface area contributed by atoms with E-state index in [0.29, 0.717) is 0 Å². The van der Waals surface area contributed by atoms with Gasteiger partial charge in [0.05, 0.1) is 0 Å². The summed E-state index contributed by atoms with van der Waals surface area (Å²) >= 11 is 2.06. The number of rotatable bonds is 3. The minimum Gasteiger partial charge on any atom is -0.316 e. The molecule has 0 spiro atoms. The van der Waals surface area contributed by atoms with Gasteiger partial charge < -0.3 is 5.32 Å². The molecule has 0 saturated carbocycles. The predicted molar refractivity (Wildman–Crippen MR) is 61.4 cm³/mol. The Kier molecular flexibility index (Phi) is 3.83. The summed E-state index contributed by atoms with van der Waals surface area (Å²) < 4.78 is 0. The van der Waals surface area contributed by atoms with Crippen molar-refractivity contribution < 1.29 is 0 Å². The molecule has 0 unspecified atom stereocenters. The largest absolute Gasteiger partial charge is 0.316 e. The topological polar surface area (TPSA) is 24.9 Å². The molecule has 2 nitrogen and oxygen atoms in total. The lowest BCUT2D eigenvalue weighted by Gasteiger charge is -2.22. The van der Waals surface area contributed by atoms with Crippen LogP contribution in [0.2, 0.25) is 0 Å². The first-order valence-corrected chi connectivity index (χ1v) is 6.21. The zero-order chi connectivity index (χ0) is 9.64. The second kappa shape index (κ2) is 5.37. The molecule has 1 saturated heterocycles. The quantitative estimate of drug-likeness (QED) is 0.823. The molecule has 1 atom stereocenters. The van der Waals surface area contributed by atoms with Gasteiger partial charge in [-0.1, -0.05) is 0 Å². The van der Waals surface area contributed by atoms with Crippen LogP contribution in [0.1, 0.15) is 18.4 Å². The van der Waals surface area contributed by atoms with E-state index in [0.717, 1.165) is 11.0 Å². The third-order valence-corrected chi connectivity index (χ3v) is 3.86. The molecule has 2 rings (SSSR count). The van der Waals surface area contributed by atoms with Crippen LogP contribution in [0.3, 0.4) is 0 Å². The van der Waals surface area contributed by atoms with Gasteiger partial charge in [0.1, 0.15) is 0 Å². The second-order valence-corrected chi connectivity index (χ2v) is 4.92. The Bertz CT molecular complexity index is 257. The number of nitrogens with one attached hydrogen (secondary N) is 1. The first kappa shape index (κ1) is 9.99. The van der Waals surface area contributed by atoms with E-state index >= 15 is 0 Å². The van der Waals surface area contributed by atoms with Crippen LogP contribution >= 0.6 is 11.8 Å². The Balaban J connectivity index is 1.76. The summed E-state index contributed by atoms with van der Waals surface area (Å²) in [5, 5.41) is 4.24. The van der Waals surface area contributed by atoms with Crippen molar-refractivity contribution in [3.63, 3.8) is 0 Å². The highest BCUT2D eigenvalue weighted by atomic mass is 32.2. The zero-order valence-electron chi connectivity index (χ0n) is 8.28. The number of aromatic nitrogens is 1. The van der Waals surface area contributed by atoms with E-state index in [1.54, 1.807) is 0 Å². The van der Waals surface area contributed by atoms with E-state index in [1.807, 2.05) is 12.4 Å². The summed E-state index contributed by atoms with van der Waals surface area (Å²) in [6.45, 7) is 2.38. The van der Waals surface area contributed by atoms with E-state index in [1.165, 1.54) is 31.5 Å². The number of nitrogens with zero attached hydrogens (tertiary/aromatic N) is 1. The first-order valence-electron chi connectivity index (χ1n) is 5.16. The molecule has 0 aliphatic carbocycles. The van der Waals surface area contributed by atoms with Gasteiger partial charge in [0, 0.05) is 29.9 Å². The highest BCUT2D eigenvalue weighted by Gasteiger charge is 2.12. The van der Waals surface area contributed by atoms with Crippen molar-refractivity contribution in [2.45, 2.75) is 23.8 Å². The molecular formula is C11H16N2S.